The van der Waals surface area contributed by atoms with E-state index in [1.165, 1.54) is 12.8 Å². The molecule has 2 aromatic rings. The molecule has 0 radical (unpaired) electrons. The Morgan fingerprint density at radius 2 is 2.13 bits per heavy atom. The first-order valence-electron chi connectivity index (χ1n) is 7.91. The molecule has 1 aliphatic carbocycles. The highest BCUT2D eigenvalue weighted by molar-refractivity contribution is 5.94. The van der Waals surface area contributed by atoms with E-state index in [-0.39, 0.29) is 5.91 Å². The number of benzene rings is 1. The number of nitrogens with one attached hydrogen (secondary N) is 1. The molecule has 0 saturated heterocycles. The number of carbonyl (C=O) groups is 1. The normalized spacial score (nSPS) is 16.1. The summed E-state index contributed by atoms with van der Waals surface area (Å²) in [7, 11) is 1.66. The molecule has 5 nitrogen and oxygen atoms in total. The average Bonchev–Trinajstić information content (AvgIpc) is 3.28. The van der Waals surface area contributed by atoms with Crippen LogP contribution in [0.3, 0.4) is 0 Å². The number of methoxy groups -OCH3 is 1. The summed E-state index contributed by atoms with van der Waals surface area (Å²) in [5.74, 6) is 1.70. The van der Waals surface area contributed by atoms with Crippen LogP contribution in [-0.2, 0) is 13.1 Å². The molecular formula is C18H19N3O2. The number of hydrogen-bond donors (Lipinski definition) is 1. The SMILES string of the molecule is COc1cccc2c1CN(C(=O)c1ccc(NC3CC3)nc1)C2. The van der Waals surface area contributed by atoms with Gasteiger partial charge in [-0.25, -0.2) is 4.98 Å². The fraction of sp³-hybridized carbons (Fsp3) is 0.333. The third kappa shape index (κ3) is 2.74. The van der Waals surface area contributed by atoms with Crippen LogP contribution in [0.1, 0.15) is 34.3 Å². The summed E-state index contributed by atoms with van der Waals surface area (Å²) in [6.45, 7) is 1.20. The molecule has 2 heterocycles. The second kappa shape index (κ2) is 5.57. The minimum Gasteiger partial charge on any atom is -0.496 e. The molecule has 0 spiro atoms. The van der Waals surface area contributed by atoms with E-state index in [0.29, 0.717) is 24.7 Å². The number of hydrogen-bond acceptors (Lipinski definition) is 4. The van der Waals surface area contributed by atoms with Crippen molar-refractivity contribution in [2.24, 2.45) is 0 Å². The minimum absolute atomic E-state index is 0.00808. The van der Waals surface area contributed by atoms with Crippen molar-refractivity contribution in [1.29, 1.82) is 0 Å². The molecule has 1 aromatic heterocycles. The van der Waals surface area contributed by atoms with E-state index in [4.69, 9.17) is 4.74 Å². The number of ether oxygens (including phenoxy) is 1. The van der Waals surface area contributed by atoms with Gasteiger partial charge in [0.15, 0.2) is 0 Å². The summed E-state index contributed by atoms with van der Waals surface area (Å²) in [6.07, 6.45) is 4.07. The standard InChI is InChI=1S/C18H19N3O2/c1-23-16-4-2-3-13-10-21(11-15(13)16)18(22)12-5-8-17(19-9-12)20-14-6-7-14/h2-5,8-9,14H,6-7,10-11H2,1H3,(H,19,20). The molecule has 5 heteroatoms. The van der Waals surface area contributed by atoms with Gasteiger partial charge in [-0.2, -0.15) is 0 Å². The second-order valence-electron chi connectivity index (χ2n) is 6.11. The van der Waals surface area contributed by atoms with Gasteiger partial charge in [0.05, 0.1) is 19.2 Å². The van der Waals surface area contributed by atoms with Gasteiger partial charge in [0, 0.05) is 24.3 Å². The molecule has 2 aliphatic rings. The van der Waals surface area contributed by atoms with Crippen molar-refractivity contribution in [3.05, 3.63) is 53.2 Å². The minimum atomic E-state index is 0.00808. The quantitative estimate of drug-likeness (QED) is 0.943. The predicted octanol–water partition coefficient (Wildman–Crippen LogP) is 2.82. The largest absolute Gasteiger partial charge is 0.496 e. The first-order chi connectivity index (χ1) is 11.2. The zero-order valence-corrected chi connectivity index (χ0v) is 13.1. The summed E-state index contributed by atoms with van der Waals surface area (Å²) in [4.78, 5) is 18.9. The molecule has 0 atom stereocenters. The maximum atomic E-state index is 12.7. The van der Waals surface area contributed by atoms with Crippen LogP contribution in [-0.4, -0.2) is 28.9 Å². The predicted molar refractivity (Wildman–Crippen MR) is 87.5 cm³/mol. The maximum absolute atomic E-state index is 12.7. The van der Waals surface area contributed by atoms with Crippen molar-refractivity contribution in [2.75, 3.05) is 12.4 Å². The highest BCUT2D eigenvalue weighted by Gasteiger charge is 2.27. The van der Waals surface area contributed by atoms with E-state index >= 15 is 0 Å². The van der Waals surface area contributed by atoms with Gasteiger partial charge >= 0.3 is 0 Å². The van der Waals surface area contributed by atoms with Crippen molar-refractivity contribution in [3.8, 4) is 5.75 Å². The van der Waals surface area contributed by atoms with Crippen LogP contribution in [0.5, 0.6) is 5.75 Å². The monoisotopic (exact) mass is 309 g/mol. The van der Waals surface area contributed by atoms with Crippen LogP contribution in [0.25, 0.3) is 0 Å². The topological polar surface area (TPSA) is 54.5 Å². The van der Waals surface area contributed by atoms with Crippen LogP contribution in [0.15, 0.2) is 36.5 Å². The first-order valence-corrected chi connectivity index (χ1v) is 7.91. The van der Waals surface area contributed by atoms with Crippen molar-refractivity contribution in [1.82, 2.24) is 9.88 Å². The van der Waals surface area contributed by atoms with Crippen molar-refractivity contribution < 1.29 is 9.53 Å². The Bertz CT molecular complexity index is 738. The fourth-order valence-electron chi connectivity index (χ4n) is 2.95. The molecule has 0 bridgehead atoms. The van der Waals surface area contributed by atoms with Crippen LogP contribution >= 0.6 is 0 Å². The lowest BCUT2D eigenvalue weighted by Crippen LogP contribution is -2.25. The van der Waals surface area contributed by atoms with E-state index in [9.17, 15) is 4.79 Å². The van der Waals surface area contributed by atoms with E-state index in [1.54, 1.807) is 13.3 Å². The lowest BCUT2D eigenvalue weighted by atomic mass is 10.1. The fourth-order valence-corrected chi connectivity index (χ4v) is 2.95. The zero-order chi connectivity index (χ0) is 15.8. The number of carbonyl (C=O) groups excluding carboxylic acids is 1. The number of aromatic nitrogens is 1. The zero-order valence-electron chi connectivity index (χ0n) is 13.1. The van der Waals surface area contributed by atoms with E-state index in [0.717, 1.165) is 22.7 Å². The highest BCUT2D eigenvalue weighted by atomic mass is 16.5. The number of pyridine rings is 1. The van der Waals surface area contributed by atoms with Gasteiger partial charge in [0.25, 0.3) is 5.91 Å². The molecule has 118 valence electrons. The van der Waals surface area contributed by atoms with Gasteiger partial charge in [0.1, 0.15) is 11.6 Å². The molecule has 1 N–H and O–H groups in total. The Labute approximate surface area is 135 Å². The van der Waals surface area contributed by atoms with Crippen LogP contribution in [0, 0.1) is 0 Å². The summed E-state index contributed by atoms with van der Waals surface area (Å²) >= 11 is 0. The van der Waals surface area contributed by atoms with Gasteiger partial charge in [-0.05, 0) is 36.6 Å². The van der Waals surface area contributed by atoms with Gasteiger partial charge in [-0.1, -0.05) is 12.1 Å². The van der Waals surface area contributed by atoms with Gasteiger partial charge in [-0.3, -0.25) is 4.79 Å². The first kappa shape index (κ1) is 14.1. The second-order valence-corrected chi connectivity index (χ2v) is 6.11. The van der Waals surface area contributed by atoms with E-state index in [2.05, 4.69) is 10.3 Å². The van der Waals surface area contributed by atoms with Crippen molar-refractivity contribution >= 4 is 11.7 Å². The smallest absolute Gasteiger partial charge is 0.256 e. The van der Waals surface area contributed by atoms with Crippen LogP contribution in [0.2, 0.25) is 0 Å². The lowest BCUT2D eigenvalue weighted by molar-refractivity contribution is 0.0750. The van der Waals surface area contributed by atoms with Crippen LogP contribution < -0.4 is 10.1 Å². The average molecular weight is 309 g/mol. The molecular weight excluding hydrogens is 290 g/mol. The van der Waals surface area contributed by atoms with Gasteiger partial charge < -0.3 is 15.0 Å². The molecule has 1 aromatic carbocycles. The van der Waals surface area contributed by atoms with Crippen LogP contribution in [0.4, 0.5) is 5.82 Å². The third-order valence-electron chi connectivity index (χ3n) is 4.39. The summed E-state index contributed by atoms with van der Waals surface area (Å²) < 4.78 is 5.39. The molecule has 0 unspecified atom stereocenters. The summed E-state index contributed by atoms with van der Waals surface area (Å²) in [5.41, 5.74) is 2.87. The summed E-state index contributed by atoms with van der Waals surface area (Å²) in [6, 6.07) is 10.2. The molecule has 1 saturated carbocycles. The highest BCUT2D eigenvalue weighted by Crippen LogP contribution is 2.31. The Kier molecular flexibility index (Phi) is 3.41. The van der Waals surface area contributed by atoms with E-state index < -0.39 is 0 Å². The van der Waals surface area contributed by atoms with Gasteiger partial charge in [0.2, 0.25) is 0 Å². The maximum Gasteiger partial charge on any atom is 0.256 e. The van der Waals surface area contributed by atoms with Crippen molar-refractivity contribution in [3.63, 3.8) is 0 Å². The number of amides is 1. The Hall–Kier alpha value is -2.56. The molecule has 23 heavy (non-hydrogen) atoms. The van der Waals surface area contributed by atoms with Gasteiger partial charge in [-0.15, -0.1) is 0 Å². The Balaban J connectivity index is 1.49. The third-order valence-corrected chi connectivity index (χ3v) is 4.39. The number of fused-ring (bicyclic) bond motifs is 1. The Morgan fingerprint density at radius 1 is 1.26 bits per heavy atom. The Morgan fingerprint density at radius 3 is 2.83 bits per heavy atom. The summed E-state index contributed by atoms with van der Waals surface area (Å²) in [5, 5.41) is 3.33. The molecule has 1 amide bonds. The molecule has 1 aliphatic heterocycles. The molecule has 4 rings (SSSR count). The lowest BCUT2D eigenvalue weighted by Gasteiger charge is -2.15. The van der Waals surface area contributed by atoms with Crippen molar-refractivity contribution in [2.45, 2.75) is 32.0 Å². The molecule has 1 fully saturated rings. The van der Waals surface area contributed by atoms with E-state index in [1.807, 2.05) is 35.2 Å². The number of nitrogens with zero attached hydrogens (tertiary/aromatic N) is 2. The number of rotatable bonds is 4. The number of anilines is 1.